The van der Waals surface area contributed by atoms with Crippen molar-refractivity contribution < 1.29 is 48.3 Å². The Labute approximate surface area is 849 Å². The predicted octanol–water partition coefficient (Wildman–Crippen LogP) is 33.3. The Bertz CT molecular complexity index is 2210. The first-order valence-electron chi connectivity index (χ1n) is 61.2. The van der Waals surface area contributed by atoms with Gasteiger partial charge in [0.25, 0.3) is 0 Å². The molecule has 5 N–H and O–H groups in total. The lowest BCUT2D eigenvalue weighted by Crippen LogP contribution is -2.42. The van der Waals surface area contributed by atoms with Gasteiger partial charge in [0.1, 0.15) is 0 Å². The maximum atomic E-state index is 13.1. The lowest BCUT2D eigenvalue weighted by atomic mass is 10.0. The van der Waals surface area contributed by atoms with Crippen LogP contribution in [0, 0.1) is 0 Å². The molecule has 0 saturated heterocycles. The van der Waals surface area contributed by atoms with Crippen LogP contribution in [0.1, 0.15) is 614 Å². The second kappa shape index (κ2) is 123. The highest BCUT2D eigenvalue weighted by molar-refractivity contribution is 5.70. The second-order valence-corrected chi connectivity index (χ2v) is 41.4. The summed E-state index contributed by atoms with van der Waals surface area (Å²) in [6.07, 6.45) is 106. The normalized spacial score (nSPS) is 12.0. The maximum Gasteiger partial charge on any atom is 0.305 e. The molecule has 0 aromatic rings. The molecule has 2 atom stereocenters. The third kappa shape index (κ3) is 119. The van der Waals surface area contributed by atoms with Crippen LogP contribution in [0.4, 0.5) is 0 Å². The van der Waals surface area contributed by atoms with Crippen molar-refractivity contribution in [3.8, 4) is 0 Å². The Balaban J connectivity index is -0.00000519. The molecule has 136 heavy (non-hydrogen) atoms. The Morgan fingerprint density at radius 3 is 0.596 bits per heavy atom. The van der Waals surface area contributed by atoms with E-state index >= 15 is 0 Å². The first-order chi connectivity index (χ1) is 67.0. The first-order valence-corrected chi connectivity index (χ1v) is 61.2. The smallest absolute Gasteiger partial charge is 0.305 e. The molecule has 0 radical (unpaired) electrons. The van der Waals surface area contributed by atoms with Crippen LogP contribution in [-0.2, 0) is 38.1 Å². The van der Waals surface area contributed by atoms with Gasteiger partial charge < -0.3 is 59.8 Å². The number of ether oxygens (including phenoxy) is 4. The van der Waals surface area contributed by atoms with Crippen LogP contribution in [0.15, 0.2) is 0 Å². The fourth-order valence-corrected chi connectivity index (χ4v) is 18.8. The molecule has 0 aromatic heterocycles. The van der Waals surface area contributed by atoms with Gasteiger partial charge in [-0.05, 0) is 156 Å². The number of nitrogens with one attached hydrogen (secondary N) is 3. The van der Waals surface area contributed by atoms with E-state index in [9.17, 15) is 29.4 Å². The zero-order valence-corrected chi connectivity index (χ0v) is 93.4. The predicted molar refractivity (Wildman–Crippen MR) is 592 cm³/mol. The van der Waals surface area contributed by atoms with Gasteiger partial charge in [-0.1, -0.05) is 505 Å². The van der Waals surface area contributed by atoms with Crippen molar-refractivity contribution in [2.24, 2.45) is 0 Å². The Morgan fingerprint density at radius 2 is 0.375 bits per heavy atom. The van der Waals surface area contributed by atoms with E-state index in [0.29, 0.717) is 117 Å². The summed E-state index contributed by atoms with van der Waals surface area (Å²) in [6.45, 7) is 30.9. The summed E-state index contributed by atoms with van der Waals surface area (Å²) in [5, 5.41) is 33.5. The summed E-state index contributed by atoms with van der Waals surface area (Å²) in [4.78, 5) is 57.7. The Hall–Kier alpha value is -2.44. The molecule has 0 bridgehead atoms. The van der Waals surface area contributed by atoms with Crippen LogP contribution >= 0.6 is 0 Å². The largest absolute Gasteiger partial charge is 0.466 e. The van der Waals surface area contributed by atoms with E-state index in [4.69, 9.17) is 18.9 Å². The molecule has 0 aliphatic heterocycles. The highest BCUT2D eigenvalue weighted by atomic mass is 16.5. The third-order valence-electron chi connectivity index (χ3n) is 27.6. The molecule has 0 aromatic carbocycles. The SMILES string of the molecule is CC.CCCCCCCCCCCCCCCOC(=O)CCCNCC(O)CN(CCCCCCCCCCCCCC)CCCCN(CCCCCCCCCCCCCC)CC(O)CN(CCCC(=O)OCCCCCCCCCCCCCCC)CCCC(=O)OCCCCCCCCCCCCCCC.CCCCCCCCCCCCCCCOC(=O)CCCNCCCNC. The van der Waals surface area contributed by atoms with E-state index in [1.54, 1.807) is 0 Å². The van der Waals surface area contributed by atoms with Crippen molar-refractivity contribution in [1.82, 2.24) is 30.7 Å². The number of unbranched alkanes of at least 4 members (excludes halogenated alkanes) is 71. The summed E-state index contributed by atoms with van der Waals surface area (Å²) >= 11 is 0. The van der Waals surface area contributed by atoms with Crippen LogP contribution < -0.4 is 16.0 Å². The van der Waals surface area contributed by atoms with E-state index in [2.05, 4.69) is 72.2 Å². The van der Waals surface area contributed by atoms with Crippen LogP contribution in [0.5, 0.6) is 0 Å². The molecule has 16 nitrogen and oxygen atoms in total. The molecule has 0 spiro atoms. The van der Waals surface area contributed by atoms with E-state index in [1.807, 2.05) is 20.9 Å². The molecule has 0 amide bonds. The standard InChI is InChI=1S/C95H190N4O8.C23H48N2O2.C2H6/c1-6-11-16-21-26-31-36-41-46-51-56-61-68-84-105-93(102)74-71-77-96-87-91(100)88-97(78-64-59-54-49-44-39-34-29-24-19-14-9-4)80-66-67-81-98(79-65-60-55-50-45-40-35-30-25-20-15-10-5)89-92(101)90-99(82-72-75-94(103)106-85-69-62-57-52-47-42-37-32-27-22-17-12-7-2)83-73-76-95(104)107-86-70-63-58-53-48-43-38-33-28-23-18-13-8-3;1-3-4-5-6-7-8-9-10-11-12-13-14-15-22-27-23(26)18-16-20-25-21-17-19-24-2;1-2/h91-92,96,100-101H,6-90H2,1-5H3;24-25H,3-22H2,1-2H3;1-2H3. The van der Waals surface area contributed by atoms with Crippen LogP contribution in [0.2, 0.25) is 0 Å². The molecule has 0 fully saturated rings. The van der Waals surface area contributed by atoms with Crippen molar-refractivity contribution in [3.05, 3.63) is 0 Å². The van der Waals surface area contributed by atoms with Gasteiger partial charge in [0.05, 0.1) is 38.6 Å². The summed E-state index contributed by atoms with van der Waals surface area (Å²) in [5.74, 6) is -0.403. The van der Waals surface area contributed by atoms with Crippen LogP contribution in [0.25, 0.3) is 0 Å². The summed E-state index contributed by atoms with van der Waals surface area (Å²) in [5.41, 5.74) is 0. The fourth-order valence-electron chi connectivity index (χ4n) is 18.8. The Morgan fingerprint density at radius 1 is 0.206 bits per heavy atom. The average Bonchev–Trinajstić information content (AvgIpc) is 0.925. The van der Waals surface area contributed by atoms with Crippen molar-refractivity contribution in [3.63, 3.8) is 0 Å². The highest BCUT2D eigenvalue weighted by Crippen LogP contribution is 2.22. The lowest BCUT2D eigenvalue weighted by molar-refractivity contribution is -0.145. The highest BCUT2D eigenvalue weighted by Gasteiger charge is 2.20. The maximum absolute atomic E-state index is 13.1. The van der Waals surface area contributed by atoms with Gasteiger partial charge in [0.2, 0.25) is 0 Å². The molecular formula is C120H244N6O10. The number of aliphatic hydroxyl groups is 2. The minimum Gasteiger partial charge on any atom is -0.466 e. The third-order valence-corrected chi connectivity index (χ3v) is 27.6. The molecule has 16 heteroatoms. The van der Waals surface area contributed by atoms with E-state index in [1.165, 1.54) is 430 Å². The fraction of sp³-hybridized carbons (Fsp3) is 0.967. The summed E-state index contributed by atoms with van der Waals surface area (Å²) < 4.78 is 22.4. The molecule has 814 valence electrons. The van der Waals surface area contributed by atoms with E-state index in [-0.39, 0.29) is 23.9 Å². The average molecular weight is 1930 g/mol. The number of rotatable bonds is 115. The van der Waals surface area contributed by atoms with Crippen molar-refractivity contribution in [2.75, 3.05) is 125 Å². The van der Waals surface area contributed by atoms with Crippen molar-refractivity contribution >= 4 is 23.9 Å². The molecular weight excluding hydrogens is 1690 g/mol. The van der Waals surface area contributed by atoms with Gasteiger partial charge in [0, 0.05) is 51.9 Å². The topological polar surface area (TPSA) is 191 Å². The molecule has 0 heterocycles. The molecule has 0 saturated carbocycles. The monoisotopic (exact) mass is 1930 g/mol. The number of nitrogens with zero attached hydrogens (tertiary/aromatic N) is 3. The minimum absolute atomic E-state index is 0.0361. The minimum atomic E-state index is -0.568. The second-order valence-electron chi connectivity index (χ2n) is 41.4. The van der Waals surface area contributed by atoms with E-state index < -0.39 is 12.2 Å². The van der Waals surface area contributed by atoms with Crippen molar-refractivity contribution in [1.29, 1.82) is 0 Å². The number of hydrogen-bond donors (Lipinski definition) is 5. The van der Waals surface area contributed by atoms with Gasteiger partial charge in [0.15, 0.2) is 0 Å². The van der Waals surface area contributed by atoms with Gasteiger partial charge in [-0.25, -0.2) is 0 Å². The van der Waals surface area contributed by atoms with Gasteiger partial charge >= 0.3 is 23.9 Å². The first kappa shape index (κ1) is 138. The number of hydrogen-bond acceptors (Lipinski definition) is 16. The number of aliphatic hydroxyl groups excluding tert-OH is 2. The molecule has 2 unspecified atom stereocenters. The number of carbonyl (C=O) groups excluding carboxylic acids is 4. The van der Waals surface area contributed by atoms with Gasteiger partial charge in [-0.3, -0.25) is 19.2 Å². The summed E-state index contributed by atoms with van der Waals surface area (Å²) in [7, 11) is 1.97. The van der Waals surface area contributed by atoms with E-state index in [0.717, 1.165) is 129 Å². The van der Waals surface area contributed by atoms with Crippen LogP contribution in [0.3, 0.4) is 0 Å². The van der Waals surface area contributed by atoms with Crippen LogP contribution in [-0.4, -0.2) is 186 Å². The quantitative estimate of drug-likeness (QED) is 0.0219. The Kier molecular flexibility index (Phi) is 125. The molecule has 0 aliphatic rings. The zero-order valence-electron chi connectivity index (χ0n) is 93.4. The van der Waals surface area contributed by atoms with Gasteiger partial charge in [-0.2, -0.15) is 0 Å². The molecule has 0 aliphatic carbocycles. The lowest BCUT2D eigenvalue weighted by Gasteiger charge is -2.30. The molecule has 0 rings (SSSR count). The number of carbonyl (C=O) groups is 4. The van der Waals surface area contributed by atoms with Crippen molar-refractivity contribution in [2.45, 2.75) is 626 Å². The summed E-state index contributed by atoms with van der Waals surface area (Å²) in [6, 6.07) is 0. The number of esters is 4. The van der Waals surface area contributed by atoms with Gasteiger partial charge in [-0.15, -0.1) is 0 Å². The zero-order chi connectivity index (χ0) is 99.4.